The Bertz CT molecular complexity index is 747. The van der Waals surface area contributed by atoms with Crippen LogP contribution in [0.15, 0.2) is 42.5 Å². The lowest BCUT2D eigenvalue weighted by Crippen LogP contribution is -2.23. The van der Waals surface area contributed by atoms with Crippen molar-refractivity contribution in [2.24, 2.45) is 0 Å². The lowest BCUT2D eigenvalue weighted by atomic mass is 10.1. The van der Waals surface area contributed by atoms with E-state index in [1.165, 1.54) is 18.2 Å². The maximum atomic E-state index is 13.0. The molecule has 0 aromatic heterocycles. The molecule has 0 aliphatic carbocycles. The monoisotopic (exact) mass is 330 g/mol. The van der Waals surface area contributed by atoms with E-state index < -0.39 is 5.82 Å². The predicted octanol–water partition coefficient (Wildman–Crippen LogP) is 2.90. The van der Waals surface area contributed by atoms with Crippen molar-refractivity contribution in [1.82, 2.24) is 5.32 Å². The first-order chi connectivity index (χ1) is 11.5. The van der Waals surface area contributed by atoms with Gasteiger partial charge in [0.05, 0.1) is 0 Å². The van der Waals surface area contributed by atoms with Gasteiger partial charge in [-0.2, -0.15) is 0 Å². The van der Waals surface area contributed by atoms with Crippen molar-refractivity contribution in [3.8, 4) is 5.75 Å². The maximum Gasteiger partial charge on any atom is 0.262 e. The van der Waals surface area contributed by atoms with Gasteiger partial charge in [0.2, 0.25) is 0 Å². The highest BCUT2D eigenvalue weighted by Gasteiger charge is 2.09. The van der Waals surface area contributed by atoms with Crippen molar-refractivity contribution in [2.75, 3.05) is 18.5 Å². The van der Waals surface area contributed by atoms with Crippen LogP contribution in [0, 0.1) is 12.7 Å². The van der Waals surface area contributed by atoms with Gasteiger partial charge in [-0.3, -0.25) is 9.59 Å². The molecule has 0 heterocycles. The number of nitrogens with one attached hydrogen (secondary N) is 2. The van der Waals surface area contributed by atoms with E-state index in [4.69, 9.17) is 4.74 Å². The van der Waals surface area contributed by atoms with E-state index in [1.807, 2.05) is 6.92 Å². The molecule has 0 radical (unpaired) electrons. The van der Waals surface area contributed by atoms with Crippen LogP contribution in [-0.4, -0.2) is 25.0 Å². The molecule has 0 saturated carbocycles. The number of aryl methyl sites for hydroxylation is 1. The normalized spacial score (nSPS) is 10.1. The second kappa shape index (κ2) is 8.10. The zero-order valence-corrected chi connectivity index (χ0v) is 13.6. The zero-order chi connectivity index (χ0) is 17.5. The molecule has 0 fully saturated rings. The van der Waals surface area contributed by atoms with Crippen molar-refractivity contribution < 1.29 is 18.7 Å². The predicted molar refractivity (Wildman–Crippen MR) is 89.7 cm³/mol. The van der Waals surface area contributed by atoms with Gasteiger partial charge < -0.3 is 15.4 Å². The molecule has 0 unspecified atom stereocenters. The van der Waals surface area contributed by atoms with Crippen LogP contribution >= 0.6 is 0 Å². The minimum absolute atomic E-state index is 0.159. The number of carbonyl (C=O) groups excluding carboxylic acids is 2. The Kier molecular flexibility index (Phi) is 5.89. The molecule has 0 aliphatic rings. The number of benzene rings is 2. The third-order valence-electron chi connectivity index (χ3n) is 3.27. The Morgan fingerprint density at radius 3 is 2.62 bits per heavy atom. The molecule has 0 spiro atoms. The molecule has 0 aliphatic heterocycles. The van der Waals surface area contributed by atoms with Gasteiger partial charge in [0.15, 0.2) is 6.61 Å². The van der Waals surface area contributed by atoms with Crippen LogP contribution in [0.2, 0.25) is 0 Å². The van der Waals surface area contributed by atoms with Crippen molar-refractivity contribution in [1.29, 1.82) is 0 Å². The summed E-state index contributed by atoms with van der Waals surface area (Å²) in [5.41, 5.74) is 1.89. The second-order valence-electron chi connectivity index (χ2n) is 5.18. The van der Waals surface area contributed by atoms with Crippen LogP contribution in [0.4, 0.5) is 10.1 Å². The van der Waals surface area contributed by atoms with Crippen LogP contribution in [-0.2, 0) is 4.79 Å². The van der Waals surface area contributed by atoms with Crippen molar-refractivity contribution in [3.63, 3.8) is 0 Å². The van der Waals surface area contributed by atoms with E-state index in [0.29, 0.717) is 17.8 Å². The minimum atomic E-state index is -0.426. The second-order valence-corrected chi connectivity index (χ2v) is 5.18. The van der Waals surface area contributed by atoms with Crippen LogP contribution in [0.25, 0.3) is 0 Å². The summed E-state index contributed by atoms with van der Waals surface area (Å²) >= 11 is 0. The zero-order valence-electron chi connectivity index (χ0n) is 13.6. The number of ether oxygens (including phenoxy) is 1. The largest absolute Gasteiger partial charge is 0.484 e. The van der Waals surface area contributed by atoms with Crippen LogP contribution in [0.3, 0.4) is 0 Å². The number of halogens is 1. The van der Waals surface area contributed by atoms with Crippen LogP contribution in [0.5, 0.6) is 5.75 Å². The highest BCUT2D eigenvalue weighted by Crippen LogP contribution is 2.17. The number of anilines is 1. The maximum absolute atomic E-state index is 13.0. The Hall–Kier alpha value is -2.89. The molecule has 0 saturated heterocycles. The summed E-state index contributed by atoms with van der Waals surface area (Å²) in [4.78, 5) is 23.7. The van der Waals surface area contributed by atoms with Crippen molar-refractivity contribution >= 4 is 17.5 Å². The highest BCUT2D eigenvalue weighted by atomic mass is 19.1. The van der Waals surface area contributed by atoms with Gasteiger partial charge in [0.25, 0.3) is 11.8 Å². The van der Waals surface area contributed by atoms with Crippen LogP contribution < -0.4 is 15.4 Å². The summed E-state index contributed by atoms with van der Waals surface area (Å²) < 4.78 is 18.3. The number of hydrogen-bond donors (Lipinski definition) is 2. The summed E-state index contributed by atoms with van der Waals surface area (Å²) in [5, 5.41) is 5.42. The number of rotatable bonds is 6. The summed E-state index contributed by atoms with van der Waals surface area (Å²) in [6.45, 7) is 3.96. The molecule has 126 valence electrons. The van der Waals surface area contributed by atoms with E-state index in [1.54, 1.807) is 31.2 Å². The molecular weight excluding hydrogens is 311 g/mol. The van der Waals surface area contributed by atoms with Crippen molar-refractivity contribution in [3.05, 3.63) is 59.4 Å². The summed E-state index contributed by atoms with van der Waals surface area (Å²) in [5.74, 6) is -0.667. The summed E-state index contributed by atoms with van der Waals surface area (Å²) in [6.07, 6.45) is 0. The minimum Gasteiger partial charge on any atom is -0.484 e. The van der Waals surface area contributed by atoms with Gasteiger partial charge in [-0.15, -0.1) is 0 Å². The fourth-order valence-electron chi connectivity index (χ4n) is 2.10. The Balaban J connectivity index is 1.95. The average Bonchev–Trinajstić information content (AvgIpc) is 2.55. The van der Waals surface area contributed by atoms with Gasteiger partial charge >= 0.3 is 0 Å². The summed E-state index contributed by atoms with van der Waals surface area (Å²) in [7, 11) is 0. The molecular formula is C18H19FN2O3. The molecule has 2 N–H and O–H groups in total. The van der Waals surface area contributed by atoms with E-state index in [2.05, 4.69) is 10.6 Å². The van der Waals surface area contributed by atoms with Gasteiger partial charge in [-0.25, -0.2) is 4.39 Å². The van der Waals surface area contributed by atoms with Crippen LogP contribution in [0.1, 0.15) is 22.8 Å². The molecule has 5 nitrogen and oxygen atoms in total. The quantitative estimate of drug-likeness (QED) is 0.856. The number of amides is 2. The molecule has 2 aromatic rings. The number of hydrogen-bond acceptors (Lipinski definition) is 3. The standard InChI is InChI=1S/C18H19FN2O3/c1-3-20-18(23)13-7-8-16(12(2)9-13)21-17(22)11-24-15-6-4-5-14(19)10-15/h4-10H,3,11H2,1-2H3,(H,20,23)(H,21,22). The summed E-state index contributed by atoms with van der Waals surface area (Å²) in [6, 6.07) is 10.6. The molecule has 0 bridgehead atoms. The first-order valence-electron chi connectivity index (χ1n) is 7.56. The fourth-order valence-corrected chi connectivity index (χ4v) is 2.10. The Labute approximate surface area is 139 Å². The third kappa shape index (κ3) is 4.81. The van der Waals surface area contributed by atoms with E-state index in [0.717, 1.165) is 5.56 Å². The van der Waals surface area contributed by atoms with E-state index >= 15 is 0 Å². The molecule has 2 amide bonds. The molecule has 6 heteroatoms. The fraction of sp³-hybridized carbons (Fsp3) is 0.222. The van der Waals surface area contributed by atoms with E-state index in [-0.39, 0.29) is 24.2 Å². The smallest absolute Gasteiger partial charge is 0.262 e. The van der Waals surface area contributed by atoms with Gasteiger partial charge in [-0.05, 0) is 49.7 Å². The lowest BCUT2D eigenvalue weighted by Gasteiger charge is -2.11. The topological polar surface area (TPSA) is 67.4 Å². The first-order valence-corrected chi connectivity index (χ1v) is 7.56. The molecule has 2 rings (SSSR count). The molecule has 2 aromatic carbocycles. The SMILES string of the molecule is CCNC(=O)c1ccc(NC(=O)COc2cccc(F)c2)c(C)c1. The lowest BCUT2D eigenvalue weighted by molar-refractivity contribution is -0.118. The Morgan fingerprint density at radius 2 is 1.96 bits per heavy atom. The van der Waals surface area contributed by atoms with Crippen molar-refractivity contribution in [2.45, 2.75) is 13.8 Å². The van der Waals surface area contributed by atoms with Gasteiger partial charge in [0.1, 0.15) is 11.6 Å². The molecule has 24 heavy (non-hydrogen) atoms. The third-order valence-corrected chi connectivity index (χ3v) is 3.27. The Morgan fingerprint density at radius 1 is 1.17 bits per heavy atom. The van der Waals surface area contributed by atoms with E-state index in [9.17, 15) is 14.0 Å². The van der Waals surface area contributed by atoms with Gasteiger partial charge in [0, 0.05) is 23.9 Å². The average molecular weight is 330 g/mol. The number of carbonyl (C=O) groups is 2. The first kappa shape index (κ1) is 17.5. The highest BCUT2D eigenvalue weighted by molar-refractivity contribution is 5.96. The van der Waals surface area contributed by atoms with Gasteiger partial charge in [-0.1, -0.05) is 6.07 Å². The molecule has 0 atom stereocenters.